The quantitative estimate of drug-likeness (QED) is 0.601. The highest BCUT2D eigenvalue weighted by Crippen LogP contribution is 2.26. The highest BCUT2D eigenvalue weighted by Gasteiger charge is 2.16. The number of ether oxygens (including phenoxy) is 2. The number of nitrogens with two attached hydrogens (primary N) is 1. The minimum Gasteiger partial charge on any atom is -0.464 e. The fourth-order valence-electron chi connectivity index (χ4n) is 2.44. The largest absolute Gasteiger partial charge is 0.464 e. The second-order valence-corrected chi connectivity index (χ2v) is 6.40. The molecule has 0 unspecified atom stereocenters. The highest BCUT2D eigenvalue weighted by molar-refractivity contribution is 5.92. The molecule has 2 N–H and O–H groups in total. The minimum atomic E-state index is -0.907. The molecule has 1 aromatic heterocycles. The van der Waals surface area contributed by atoms with Crippen LogP contribution >= 0.6 is 0 Å². The Hall–Kier alpha value is -4.25. The van der Waals surface area contributed by atoms with E-state index in [-0.39, 0.29) is 23.2 Å². The second-order valence-electron chi connectivity index (χ2n) is 6.40. The molecule has 0 saturated heterocycles. The first-order valence-corrected chi connectivity index (χ1v) is 9.00. The number of ketones is 1. The van der Waals surface area contributed by atoms with Crippen LogP contribution in [-0.2, 0) is 4.79 Å². The molecule has 0 aliphatic rings. The maximum atomic E-state index is 11.8. The van der Waals surface area contributed by atoms with Crippen LogP contribution in [0.5, 0.6) is 17.4 Å². The van der Waals surface area contributed by atoms with Crippen molar-refractivity contribution in [2.24, 2.45) is 5.73 Å². The zero-order valence-corrected chi connectivity index (χ0v) is 16.3. The summed E-state index contributed by atoms with van der Waals surface area (Å²) in [6.45, 7) is 2.87. The first kappa shape index (κ1) is 20.5. The van der Waals surface area contributed by atoms with Gasteiger partial charge in [-0.15, -0.1) is 0 Å². The monoisotopic (exact) mass is 402 g/mol. The SMILES string of the molecule is CC(=O)c1cc(O[C@@H](C)C(N)=O)nc(-c2ccc(Oc3ccc(C#N)cc3)cc2)n1. The molecule has 0 saturated carbocycles. The van der Waals surface area contributed by atoms with Crippen LogP contribution in [0.3, 0.4) is 0 Å². The van der Waals surface area contributed by atoms with Gasteiger partial charge >= 0.3 is 0 Å². The summed E-state index contributed by atoms with van der Waals surface area (Å²) in [5.41, 5.74) is 6.55. The van der Waals surface area contributed by atoms with E-state index >= 15 is 0 Å². The van der Waals surface area contributed by atoms with Crippen LogP contribution in [0.25, 0.3) is 11.4 Å². The van der Waals surface area contributed by atoms with E-state index in [2.05, 4.69) is 9.97 Å². The van der Waals surface area contributed by atoms with E-state index in [4.69, 9.17) is 20.5 Å². The number of benzene rings is 2. The Morgan fingerprint density at radius 3 is 2.17 bits per heavy atom. The average molecular weight is 402 g/mol. The molecule has 0 aliphatic heterocycles. The third-order valence-corrected chi connectivity index (χ3v) is 4.09. The number of hydrogen-bond donors (Lipinski definition) is 1. The van der Waals surface area contributed by atoms with Crippen molar-refractivity contribution in [3.8, 4) is 34.8 Å². The van der Waals surface area contributed by atoms with Crippen LogP contribution in [0.4, 0.5) is 0 Å². The Kier molecular flexibility index (Phi) is 6.03. The van der Waals surface area contributed by atoms with Crippen molar-refractivity contribution in [2.45, 2.75) is 20.0 Å². The predicted octanol–water partition coefficient (Wildman–Crippen LogP) is 3.26. The van der Waals surface area contributed by atoms with Crippen molar-refractivity contribution in [1.82, 2.24) is 9.97 Å². The zero-order chi connectivity index (χ0) is 21.7. The van der Waals surface area contributed by atoms with Gasteiger partial charge in [0.1, 0.15) is 17.2 Å². The van der Waals surface area contributed by atoms with E-state index in [0.29, 0.717) is 22.6 Å². The number of amides is 1. The van der Waals surface area contributed by atoms with Crippen LogP contribution in [0.1, 0.15) is 29.9 Å². The number of carbonyl (C=O) groups is 2. The first-order valence-electron chi connectivity index (χ1n) is 9.00. The molecule has 0 fully saturated rings. The fraction of sp³-hybridized carbons (Fsp3) is 0.136. The van der Waals surface area contributed by atoms with Crippen molar-refractivity contribution in [2.75, 3.05) is 0 Å². The number of nitriles is 1. The Balaban J connectivity index is 1.85. The Labute approximate surface area is 172 Å². The van der Waals surface area contributed by atoms with Crippen LogP contribution in [0.15, 0.2) is 54.6 Å². The molecule has 0 radical (unpaired) electrons. The van der Waals surface area contributed by atoms with Crippen molar-refractivity contribution >= 4 is 11.7 Å². The molecular weight excluding hydrogens is 384 g/mol. The lowest BCUT2D eigenvalue weighted by atomic mass is 10.2. The van der Waals surface area contributed by atoms with Crippen molar-refractivity contribution in [3.05, 3.63) is 65.9 Å². The lowest BCUT2D eigenvalue weighted by Gasteiger charge is -2.12. The zero-order valence-electron chi connectivity index (χ0n) is 16.3. The molecule has 0 bridgehead atoms. The van der Waals surface area contributed by atoms with Crippen LogP contribution in [0, 0.1) is 11.3 Å². The van der Waals surface area contributed by atoms with Gasteiger partial charge in [-0.05, 0) is 55.5 Å². The molecule has 0 spiro atoms. The summed E-state index contributed by atoms with van der Waals surface area (Å²) in [5, 5.41) is 8.85. The van der Waals surface area contributed by atoms with Gasteiger partial charge < -0.3 is 15.2 Å². The summed E-state index contributed by atoms with van der Waals surface area (Å²) < 4.78 is 11.2. The summed E-state index contributed by atoms with van der Waals surface area (Å²) >= 11 is 0. The molecule has 2 aromatic carbocycles. The van der Waals surface area contributed by atoms with E-state index in [0.717, 1.165) is 0 Å². The third-order valence-electron chi connectivity index (χ3n) is 4.09. The number of carbonyl (C=O) groups excluding carboxylic acids is 2. The molecule has 0 aliphatic carbocycles. The summed E-state index contributed by atoms with van der Waals surface area (Å²) in [5.74, 6) is 0.589. The Bertz CT molecular complexity index is 1120. The number of Topliss-reactive ketones (excluding diaryl/α,β-unsaturated/α-hetero) is 1. The molecule has 1 heterocycles. The Morgan fingerprint density at radius 1 is 1.03 bits per heavy atom. The van der Waals surface area contributed by atoms with Gasteiger partial charge in [-0.1, -0.05) is 0 Å². The van der Waals surface area contributed by atoms with Gasteiger partial charge in [-0.25, -0.2) is 4.98 Å². The normalized spacial score (nSPS) is 11.2. The molecule has 1 amide bonds. The van der Waals surface area contributed by atoms with Gasteiger partial charge in [0.15, 0.2) is 17.7 Å². The molecule has 3 aromatic rings. The standard InChI is InChI=1S/C22H18N4O4/c1-13(27)19-11-20(29-14(2)21(24)28)26-22(25-19)16-5-9-18(10-6-16)30-17-7-3-15(12-23)4-8-17/h3-11,14H,1-2H3,(H2,24,28)/t14-/m0/s1. The maximum Gasteiger partial charge on any atom is 0.258 e. The summed E-state index contributed by atoms with van der Waals surface area (Å²) in [6, 6.07) is 17.1. The fourth-order valence-corrected chi connectivity index (χ4v) is 2.44. The Morgan fingerprint density at radius 2 is 1.63 bits per heavy atom. The lowest BCUT2D eigenvalue weighted by Crippen LogP contribution is -2.31. The molecule has 30 heavy (non-hydrogen) atoms. The van der Waals surface area contributed by atoms with E-state index in [9.17, 15) is 9.59 Å². The van der Waals surface area contributed by atoms with Crippen LogP contribution in [-0.4, -0.2) is 27.8 Å². The molecule has 3 rings (SSSR count). The first-order chi connectivity index (χ1) is 14.4. The average Bonchev–Trinajstić information content (AvgIpc) is 2.74. The van der Waals surface area contributed by atoms with E-state index in [1.165, 1.54) is 19.9 Å². The van der Waals surface area contributed by atoms with Crippen LogP contribution < -0.4 is 15.2 Å². The van der Waals surface area contributed by atoms with Gasteiger partial charge in [0.05, 0.1) is 11.6 Å². The van der Waals surface area contributed by atoms with Crippen LogP contribution in [0.2, 0.25) is 0 Å². The maximum absolute atomic E-state index is 11.8. The number of hydrogen-bond acceptors (Lipinski definition) is 7. The second kappa shape index (κ2) is 8.84. The van der Waals surface area contributed by atoms with Gasteiger partial charge in [0.25, 0.3) is 5.91 Å². The number of aromatic nitrogens is 2. The molecule has 1 atom stereocenters. The third kappa shape index (κ3) is 4.97. The predicted molar refractivity (Wildman–Crippen MR) is 108 cm³/mol. The molecule has 8 heteroatoms. The number of rotatable bonds is 7. The summed E-state index contributed by atoms with van der Waals surface area (Å²) in [6.07, 6.45) is -0.907. The van der Waals surface area contributed by atoms with E-state index in [1.807, 2.05) is 6.07 Å². The van der Waals surface area contributed by atoms with Crippen molar-refractivity contribution in [3.63, 3.8) is 0 Å². The lowest BCUT2D eigenvalue weighted by molar-refractivity contribution is -0.124. The topological polar surface area (TPSA) is 128 Å². The number of primary amides is 1. The van der Waals surface area contributed by atoms with E-state index < -0.39 is 12.0 Å². The highest BCUT2D eigenvalue weighted by atomic mass is 16.5. The van der Waals surface area contributed by atoms with Gasteiger partial charge in [0, 0.05) is 18.6 Å². The van der Waals surface area contributed by atoms with Gasteiger partial charge in [-0.2, -0.15) is 10.2 Å². The van der Waals surface area contributed by atoms with Crippen molar-refractivity contribution in [1.29, 1.82) is 5.26 Å². The summed E-state index contributed by atoms with van der Waals surface area (Å²) in [7, 11) is 0. The molecule has 150 valence electrons. The smallest absolute Gasteiger partial charge is 0.258 e. The van der Waals surface area contributed by atoms with Gasteiger partial charge in [-0.3, -0.25) is 9.59 Å². The minimum absolute atomic E-state index is 0.0782. The summed E-state index contributed by atoms with van der Waals surface area (Å²) in [4.78, 5) is 31.6. The number of nitrogens with zero attached hydrogens (tertiary/aromatic N) is 3. The molecular formula is C22H18N4O4. The van der Waals surface area contributed by atoms with E-state index in [1.54, 1.807) is 48.5 Å². The molecule has 8 nitrogen and oxygen atoms in total. The van der Waals surface area contributed by atoms with Crippen molar-refractivity contribution < 1.29 is 19.1 Å². The van der Waals surface area contributed by atoms with Gasteiger partial charge in [0.2, 0.25) is 5.88 Å².